The minimum Gasteiger partial charge on any atom is -0.493 e. The second kappa shape index (κ2) is 8.32. The van der Waals surface area contributed by atoms with E-state index in [4.69, 9.17) is 14.6 Å². The van der Waals surface area contributed by atoms with E-state index in [1.165, 1.54) is 12.1 Å². The Labute approximate surface area is 176 Å². The van der Waals surface area contributed by atoms with Gasteiger partial charge in [-0.1, -0.05) is 27.7 Å². The molecule has 0 aliphatic carbocycles. The van der Waals surface area contributed by atoms with E-state index in [0.29, 0.717) is 29.3 Å². The van der Waals surface area contributed by atoms with Crippen molar-refractivity contribution in [2.75, 3.05) is 14.2 Å². The number of nitrogens with two attached hydrogens (primary N) is 1. The number of nitrogens with zero attached hydrogens (tertiary/aromatic N) is 2. The second-order valence-electron chi connectivity index (χ2n) is 5.92. The molecule has 7 nitrogen and oxygen atoms in total. The van der Waals surface area contributed by atoms with Crippen molar-refractivity contribution >= 4 is 48.7 Å². The summed E-state index contributed by atoms with van der Waals surface area (Å²) in [6, 6.07) is 8.55. The van der Waals surface area contributed by atoms with Crippen molar-refractivity contribution in [1.29, 1.82) is 0 Å². The Kier molecular flexibility index (Phi) is 6.23. The van der Waals surface area contributed by atoms with Gasteiger partial charge in [0.1, 0.15) is 0 Å². The highest BCUT2D eigenvalue weighted by atomic mass is 79.9. The molecule has 10 heteroatoms. The molecule has 0 spiro atoms. The molecule has 0 atom stereocenters. The van der Waals surface area contributed by atoms with Gasteiger partial charge in [0.2, 0.25) is 10.0 Å². The normalized spacial score (nSPS) is 11.8. The largest absolute Gasteiger partial charge is 0.493 e. The van der Waals surface area contributed by atoms with Gasteiger partial charge in [-0.2, -0.15) is 0 Å². The summed E-state index contributed by atoms with van der Waals surface area (Å²) in [6.45, 7) is 2.73. The molecule has 3 rings (SSSR count). The van der Waals surface area contributed by atoms with Crippen LogP contribution in [0, 0.1) is 0 Å². The molecule has 1 aromatic heterocycles. The lowest BCUT2D eigenvalue weighted by atomic mass is 10.2. The fourth-order valence-corrected chi connectivity index (χ4v) is 5.08. The molecule has 0 unspecified atom stereocenters. The Morgan fingerprint density at radius 1 is 1.18 bits per heavy atom. The first-order valence-electron chi connectivity index (χ1n) is 8.34. The number of fused-ring (bicyclic) bond motifs is 1. The summed E-state index contributed by atoms with van der Waals surface area (Å²) in [4.78, 5) is 4.67. The lowest BCUT2D eigenvalue weighted by Gasteiger charge is -2.12. The van der Waals surface area contributed by atoms with E-state index in [1.807, 2.05) is 23.6 Å². The predicted octanol–water partition coefficient (Wildman–Crippen LogP) is 3.78. The lowest BCUT2D eigenvalue weighted by Crippen LogP contribution is -2.11. The van der Waals surface area contributed by atoms with Crippen molar-refractivity contribution in [2.24, 2.45) is 5.14 Å². The molecule has 0 aliphatic rings. The fourth-order valence-electron chi connectivity index (χ4n) is 2.83. The number of imidazole rings is 1. The van der Waals surface area contributed by atoms with Gasteiger partial charge in [-0.05, 0) is 42.8 Å². The van der Waals surface area contributed by atoms with E-state index in [1.54, 1.807) is 32.0 Å². The summed E-state index contributed by atoms with van der Waals surface area (Å²) < 4.78 is 36.9. The quantitative estimate of drug-likeness (QED) is 0.511. The maximum atomic E-state index is 11.6. The SMILES string of the molecule is CCn1c(SCc2cc(OC)c(OC)cc2Br)nc2cc(S(N)(=O)=O)ccc21. The Morgan fingerprint density at radius 2 is 1.86 bits per heavy atom. The van der Waals surface area contributed by atoms with Crippen molar-refractivity contribution in [2.45, 2.75) is 29.3 Å². The minimum atomic E-state index is -3.77. The van der Waals surface area contributed by atoms with E-state index in [-0.39, 0.29) is 4.90 Å². The van der Waals surface area contributed by atoms with Crippen LogP contribution in [0.5, 0.6) is 11.5 Å². The van der Waals surface area contributed by atoms with Crippen LogP contribution < -0.4 is 14.6 Å². The molecule has 0 amide bonds. The number of rotatable bonds is 7. The Morgan fingerprint density at radius 3 is 2.46 bits per heavy atom. The van der Waals surface area contributed by atoms with Crippen molar-refractivity contribution in [3.05, 3.63) is 40.4 Å². The first-order valence-corrected chi connectivity index (χ1v) is 11.7. The molecular formula is C18H20BrN3O4S2. The number of ether oxygens (including phenoxy) is 2. The third-order valence-corrected chi connectivity index (χ3v) is 6.91. The van der Waals surface area contributed by atoms with Crippen molar-refractivity contribution in [1.82, 2.24) is 9.55 Å². The molecule has 1 heterocycles. The third-order valence-electron chi connectivity index (χ3n) is 4.24. The molecule has 0 saturated carbocycles. The zero-order chi connectivity index (χ0) is 20.5. The number of aryl methyl sites for hydroxylation is 1. The van der Waals surface area contributed by atoms with Crippen LogP contribution in [0.25, 0.3) is 11.0 Å². The van der Waals surface area contributed by atoms with Crippen LogP contribution in [0.1, 0.15) is 12.5 Å². The van der Waals surface area contributed by atoms with E-state index in [9.17, 15) is 8.42 Å². The molecule has 2 N–H and O–H groups in total. The summed E-state index contributed by atoms with van der Waals surface area (Å²) in [7, 11) is -0.573. The summed E-state index contributed by atoms with van der Waals surface area (Å²) in [5.41, 5.74) is 2.49. The van der Waals surface area contributed by atoms with Crippen LogP contribution in [-0.4, -0.2) is 32.2 Å². The van der Waals surface area contributed by atoms with Crippen molar-refractivity contribution < 1.29 is 17.9 Å². The van der Waals surface area contributed by atoms with Crippen LogP contribution in [-0.2, 0) is 22.3 Å². The number of hydrogen-bond donors (Lipinski definition) is 1. The average molecular weight is 486 g/mol. The maximum Gasteiger partial charge on any atom is 0.238 e. The number of methoxy groups -OCH3 is 2. The highest BCUT2D eigenvalue weighted by Crippen LogP contribution is 2.36. The minimum absolute atomic E-state index is 0.0555. The number of benzene rings is 2. The standard InChI is InChI=1S/C18H20BrN3O4S2/c1-4-22-15-6-5-12(28(20,23)24)8-14(15)21-18(22)27-10-11-7-16(25-2)17(26-3)9-13(11)19/h5-9H,4,10H2,1-3H3,(H2,20,23,24). The summed E-state index contributed by atoms with van der Waals surface area (Å²) >= 11 is 5.13. The molecule has 0 radical (unpaired) electrons. The molecule has 150 valence electrons. The van der Waals surface area contributed by atoms with Gasteiger partial charge in [0.25, 0.3) is 0 Å². The third kappa shape index (κ3) is 4.14. The van der Waals surface area contributed by atoms with Gasteiger partial charge >= 0.3 is 0 Å². The molecule has 0 aliphatic heterocycles. The van der Waals surface area contributed by atoms with Gasteiger partial charge in [0.15, 0.2) is 16.7 Å². The van der Waals surface area contributed by atoms with Crippen molar-refractivity contribution in [3.8, 4) is 11.5 Å². The molecule has 0 saturated heterocycles. The van der Waals surface area contributed by atoms with Crippen LogP contribution in [0.15, 0.2) is 44.9 Å². The van der Waals surface area contributed by atoms with Gasteiger partial charge < -0.3 is 14.0 Å². The van der Waals surface area contributed by atoms with E-state index in [0.717, 1.165) is 20.7 Å². The zero-order valence-electron chi connectivity index (χ0n) is 15.6. The molecule has 0 fully saturated rings. The Hall–Kier alpha value is -1.75. The predicted molar refractivity (Wildman–Crippen MR) is 114 cm³/mol. The first kappa shape index (κ1) is 21.0. The van der Waals surface area contributed by atoms with Gasteiger partial charge in [-0.25, -0.2) is 18.5 Å². The van der Waals surface area contributed by atoms with Gasteiger partial charge in [-0.15, -0.1) is 0 Å². The topological polar surface area (TPSA) is 96.4 Å². The molecular weight excluding hydrogens is 466 g/mol. The van der Waals surface area contributed by atoms with Crippen LogP contribution in [0.2, 0.25) is 0 Å². The number of halogens is 1. The fraction of sp³-hybridized carbons (Fsp3) is 0.278. The van der Waals surface area contributed by atoms with Crippen LogP contribution in [0.3, 0.4) is 0 Å². The second-order valence-corrected chi connectivity index (χ2v) is 9.28. The Bertz CT molecular complexity index is 1130. The molecule has 0 bridgehead atoms. The zero-order valence-corrected chi connectivity index (χ0v) is 18.8. The lowest BCUT2D eigenvalue weighted by molar-refractivity contribution is 0.354. The molecule has 28 heavy (non-hydrogen) atoms. The molecule has 2 aromatic carbocycles. The van der Waals surface area contributed by atoms with Crippen LogP contribution >= 0.6 is 27.7 Å². The highest BCUT2D eigenvalue weighted by molar-refractivity contribution is 9.10. The monoisotopic (exact) mass is 485 g/mol. The molecule has 3 aromatic rings. The van der Waals surface area contributed by atoms with Gasteiger partial charge in [0.05, 0.1) is 30.1 Å². The summed E-state index contributed by atoms with van der Waals surface area (Å²) in [6.07, 6.45) is 0. The van der Waals surface area contributed by atoms with Gasteiger partial charge in [0, 0.05) is 16.8 Å². The number of primary sulfonamides is 1. The smallest absolute Gasteiger partial charge is 0.238 e. The number of hydrogen-bond acceptors (Lipinski definition) is 6. The van der Waals surface area contributed by atoms with Crippen LogP contribution in [0.4, 0.5) is 0 Å². The highest BCUT2D eigenvalue weighted by Gasteiger charge is 2.16. The number of sulfonamides is 1. The van der Waals surface area contributed by atoms with E-state index in [2.05, 4.69) is 20.9 Å². The average Bonchev–Trinajstić information content (AvgIpc) is 3.02. The van der Waals surface area contributed by atoms with E-state index >= 15 is 0 Å². The Balaban J connectivity index is 1.94. The van der Waals surface area contributed by atoms with Gasteiger partial charge in [-0.3, -0.25) is 0 Å². The number of aromatic nitrogens is 2. The summed E-state index contributed by atoms with van der Waals surface area (Å²) in [5, 5.41) is 6.03. The maximum absolute atomic E-state index is 11.6. The first-order chi connectivity index (χ1) is 13.3. The summed E-state index contributed by atoms with van der Waals surface area (Å²) in [5.74, 6) is 1.95. The number of thioether (sulfide) groups is 1. The van der Waals surface area contributed by atoms with Crippen molar-refractivity contribution in [3.63, 3.8) is 0 Å². The van der Waals surface area contributed by atoms with E-state index < -0.39 is 10.0 Å².